The van der Waals surface area contributed by atoms with E-state index in [1.54, 1.807) is 0 Å². The molecule has 1 aromatic carbocycles. The highest BCUT2D eigenvalue weighted by Gasteiger charge is 2.57. The lowest BCUT2D eigenvalue weighted by Crippen LogP contribution is -2.62. The number of piperazine rings is 1. The summed E-state index contributed by atoms with van der Waals surface area (Å²) in [6, 6.07) is 6.63. The van der Waals surface area contributed by atoms with Crippen molar-refractivity contribution < 1.29 is 4.79 Å². The van der Waals surface area contributed by atoms with Crippen LogP contribution in [0.2, 0.25) is 0 Å². The molecule has 2 aliphatic rings. The maximum Gasteiger partial charge on any atom is 0.237 e. The fourth-order valence-corrected chi connectivity index (χ4v) is 5.08. The number of hydrogen-bond acceptors (Lipinski definition) is 2. The van der Waals surface area contributed by atoms with E-state index in [1.807, 2.05) is 17.1 Å². The van der Waals surface area contributed by atoms with E-state index < -0.39 is 11.0 Å². The molecule has 1 atom stereocenters. The molecular formula is C25H34N2O. The van der Waals surface area contributed by atoms with Gasteiger partial charge in [0, 0.05) is 18.8 Å². The molecule has 1 N–H and O–H groups in total. The molecular weight excluding hydrogens is 344 g/mol. The monoisotopic (exact) mass is 378 g/mol. The predicted octanol–water partition coefficient (Wildman–Crippen LogP) is 5.01. The van der Waals surface area contributed by atoms with E-state index in [0.29, 0.717) is 19.4 Å². The van der Waals surface area contributed by atoms with Gasteiger partial charge in [-0.15, -0.1) is 13.2 Å². The number of nitrogens with zero attached hydrogens (tertiary/aromatic N) is 1. The molecule has 0 saturated carbocycles. The molecule has 1 aromatic rings. The van der Waals surface area contributed by atoms with Crippen molar-refractivity contribution in [3.05, 3.63) is 72.0 Å². The highest BCUT2D eigenvalue weighted by molar-refractivity contribution is 5.91. The average Bonchev–Trinajstić information content (AvgIpc) is 2.89. The molecule has 1 amide bonds. The third kappa shape index (κ3) is 2.88. The normalized spacial score (nSPS) is 24.0. The minimum Gasteiger partial charge on any atom is -0.312 e. The number of hydrogen-bond donors (Lipinski definition) is 1. The lowest BCUT2D eigenvalue weighted by Gasteiger charge is -2.53. The smallest absolute Gasteiger partial charge is 0.237 e. The molecule has 0 spiro atoms. The van der Waals surface area contributed by atoms with Crippen molar-refractivity contribution in [1.29, 1.82) is 0 Å². The Bertz CT molecular complexity index is 833. The number of aryl methyl sites for hydroxylation is 2. The molecule has 0 bridgehead atoms. The van der Waals surface area contributed by atoms with Crippen molar-refractivity contribution in [2.75, 3.05) is 13.1 Å². The molecule has 1 unspecified atom stereocenters. The largest absolute Gasteiger partial charge is 0.312 e. The molecule has 3 nitrogen and oxygen atoms in total. The number of allylic oxidation sites excluding steroid dienone is 2. The maximum absolute atomic E-state index is 13.6. The fraction of sp³-hybridized carbons (Fsp3) is 0.480. The third-order valence-corrected chi connectivity index (χ3v) is 6.42. The molecule has 1 saturated heterocycles. The Kier molecular flexibility index (Phi) is 5.18. The van der Waals surface area contributed by atoms with E-state index >= 15 is 0 Å². The zero-order chi connectivity index (χ0) is 20.7. The summed E-state index contributed by atoms with van der Waals surface area (Å²) in [6.07, 6.45) is 7.20. The van der Waals surface area contributed by atoms with E-state index in [0.717, 1.165) is 12.2 Å². The zero-order valence-electron chi connectivity index (χ0n) is 18.1. The summed E-state index contributed by atoms with van der Waals surface area (Å²) >= 11 is 0. The second-order valence-corrected chi connectivity index (χ2v) is 9.37. The molecule has 3 rings (SSSR count). The number of fused-ring (bicyclic) bond motifs is 1. The van der Waals surface area contributed by atoms with Crippen LogP contribution in [0.5, 0.6) is 0 Å². The summed E-state index contributed by atoms with van der Waals surface area (Å²) in [4.78, 5) is 15.6. The predicted molar refractivity (Wildman–Crippen MR) is 117 cm³/mol. The second kappa shape index (κ2) is 7.04. The first-order valence-corrected chi connectivity index (χ1v) is 10.2. The first kappa shape index (κ1) is 20.6. The molecule has 2 aliphatic heterocycles. The molecule has 1 fully saturated rings. The van der Waals surface area contributed by atoms with Gasteiger partial charge in [0.05, 0.1) is 11.0 Å². The average molecular weight is 379 g/mol. The van der Waals surface area contributed by atoms with Gasteiger partial charge in [0.25, 0.3) is 0 Å². The Hall–Kier alpha value is -2.13. The summed E-state index contributed by atoms with van der Waals surface area (Å²) in [5.74, 6) is 0.183. The Morgan fingerprint density at radius 1 is 1.18 bits per heavy atom. The van der Waals surface area contributed by atoms with Crippen LogP contribution < -0.4 is 5.32 Å². The number of nitrogens with one attached hydrogen (secondary N) is 1. The second-order valence-electron chi connectivity index (χ2n) is 9.37. The van der Waals surface area contributed by atoms with Gasteiger partial charge in [-0.1, -0.05) is 56.7 Å². The summed E-state index contributed by atoms with van der Waals surface area (Å²) in [5.41, 5.74) is 3.70. The first-order valence-electron chi connectivity index (χ1n) is 10.2. The number of amides is 1. The lowest BCUT2D eigenvalue weighted by molar-refractivity contribution is -0.136. The van der Waals surface area contributed by atoms with Crippen LogP contribution in [0.4, 0.5) is 0 Å². The Balaban J connectivity index is 2.32. The van der Waals surface area contributed by atoms with Gasteiger partial charge in [-0.05, 0) is 49.3 Å². The van der Waals surface area contributed by atoms with E-state index in [2.05, 4.69) is 77.4 Å². The van der Waals surface area contributed by atoms with Gasteiger partial charge in [-0.3, -0.25) is 4.79 Å². The molecule has 0 aromatic heterocycles. The van der Waals surface area contributed by atoms with Crippen LogP contribution in [0.3, 0.4) is 0 Å². The summed E-state index contributed by atoms with van der Waals surface area (Å²) in [7, 11) is 0. The highest BCUT2D eigenvalue weighted by atomic mass is 16.2. The van der Waals surface area contributed by atoms with Gasteiger partial charge in [0.15, 0.2) is 0 Å². The first-order chi connectivity index (χ1) is 13.1. The zero-order valence-corrected chi connectivity index (χ0v) is 18.1. The molecule has 0 radical (unpaired) electrons. The van der Waals surface area contributed by atoms with Crippen LogP contribution in [0.25, 0.3) is 0 Å². The van der Waals surface area contributed by atoms with Crippen molar-refractivity contribution in [2.24, 2.45) is 10.8 Å². The topological polar surface area (TPSA) is 32.3 Å². The van der Waals surface area contributed by atoms with E-state index in [9.17, 15) is 4.79 Å². The Morgan fingerprint density at radius 3 is 2.39 bits per heavy atom. The summed E-state index contributed by atoms with van der Waals surface area (Å²) in [5, 5.41) is 3.86. The Labute approximate surface area is 170 Å². The van der Waals surface area contributed by atoms with Gasteiger partial charge >= 0.3 is 0 Å². The number of carbonyl (C=O) groups is 1. The molecule has 0 aliphatic carbocycles. The van der Waals surface area contributed by atoms with Crippen LogP contribution in [-0.2, 0) is 10.3 Å². The van der Waals surface area contributed by atoms with E-state index in [-0.39, 0.29) is 11.3 Å². The van der Waals surface area contributed by atoms with Gasteiger partial charge in [0.1, 0.15) is 0 Å². The minimum absolute atomic E-state index is 0.130. The summed E-state index contributed by atoms with van der Waals surface area (Å²) in [6.45, 7) is 20.4. The van der Waals surface area contributed by atoms with Gasteiger partial charge in [-0.2, -0.15) is 0 Å². The molecule has 2 heterocycles. The van der Waals surface area contributed by atoms with Crippen LogP contribution in [0.1, 0.15) is 50.3 Å². The highest BCUT2D eigenvalue weighted by Crippen LogP contribution is 2.54. The third-order valence-electron chi connectivity index (χ3n) is 6.42. The van der Waals surface area contributed by atoms with Crippen LogP contribution >= 0.6 is 0 Å². The van der Waals surface area contributed by atoms with E-state index in [4.69, 9.17) is 0 Å². The van der Waals surface area contributed by atoms with Crippen LogP contribution in [0, 0.1) is 24.7 Å². The molecule has 3 heteroatoms. The van der Waals surface area contributed by atoms with Gasteiger partial charge in [0.2, 0.25) is 5.91 Å². The standard InChI is InChI=1S/C25H34N2O/c1-8-12-24(13-9-2)17-21-25(23(5,6)7,26-14-15-27(21)22(24)28)20-16-18(3)10-11-19(20)4/h8-11,16-17,26H,1-2,12-15H2,3-7H3. The van der Waals surface area contributed by atoms with Gasteiger partial charge in [-0.25, -0.2) is 0 Å². The van der Waals surface area contributed by atoms with Crippen LogP contribution in [-0.4, -0.2) is 23.9 Å². The maximum atomic E-state index is 13.6. The number of rotatable bonds is 5. The van der Waals surface area contributed by atoms with Crippen molar-refractivity contribution in [3.8, 4) is 0 Å². The quantitative estimate of drug-likeness (QED) is 0.730. The fourth-order valence-electron chi connectivity index (χ4n) is 5.08. The minimum atomic E-state index is -0.570. The number of carbonyl (C=O) groups excluding carboxylic acids is 1. The van der Waals surface area contributed by atoms with Crippen molar-refractivity contribution in [2.45, 2.75) is 53.0 Å². The number of benzene rings is 1. The van der Waals surface area contributed by atoms with Crippen LogP contribution in [0.15, 0.2) is 55.3 Å². The SMILES string of the molecule is C=CCC1(CC=C)C=C2N(CCNC2(c2cc(C)ccc2C)C(C)(C)C)C1=O. The van der Waals surface area contributed by atoms with Crippen molar-refractivity contribution in [3.63, 3.8) is 0 Å². The van der Waals surface area contributed by atoms with Crippen molar-refractivity contribution >= 4 is 5.91 Å². The van der Waals surface area contributed by atoms with Crippen molar-refractivity contribution in [1.82, 2.24) is 10.2 Å². The van der Waals surface area contributed by atoms with E-state index in [1.165, 1.54) is 16.7 Å². The lowest BCUT2D eigenvalue weighted by atomic mass is 9.64. The molecule has 28 heavy (non-hydrogen) atoms. The summed E-state index contributed by atoms with van der Waals surface area (Å²) < 4.78 is 0. The molecule has 150 valence electrons. The Morgan fingerprint density at radius 2 is 1.82 bits per heavy atom. The van der Waals surface area contributed by atoms with Gasteiger partial charge < -0.3 is 10.2 Å².